The first-order valence-electron chi connectivity index (χ1n) is 8.30. The van der Waals surface area contributed by atoms with E-state index < -0.39 is 0 Å². The molecule has 1 spiro atoms. The molecule has 1 aliphatic carbocycles. The van der Waals surface area contributed by atoms with Gasteiger partial charge in [-0.05, 0) is 57.1 Å². The van der Waals surface area contributed by atoms with E-state index in [0.717, 1.165) is 19.4 Å². The van der Waals surface area contributed by atoms with Gasteiger partial charge in [-0.2, -0.15) is 0 Å². The first-order chi connectivity index (χ1) is 10.1. The standard InChI is InChI=1S/C17H28N2OS/c1-12-10-15(21-13(12)2)16(19-18)14-6-9-20-17(11-14)7-4-3-5-8-17/h10,14,16,19H,3-9,11,18H2,1-2H3. The third-order valence-corrected chi connectivity index (χ3v) is 6.67. The fourth-order valence-electron chi connectivity index (χ4n) is 4.10. The van der Waals surface area contributed by atoms with E-state index in [2.05, 4.69) is 25.3 Å². The van der Waals surface area contributed by atoms with Gasteiger partial charge in [-0.25, -0.2) is 0 Å². The van der Waals surface area contributed by atoms with Crippen LogP contribution in [-0.2, 0) is 4.74 Å². The average Bonchev–Trinajstić information content (AvgIpc) is 2.80. The Morgan fingerprint density at radius 1 is 1.33 bits per heavy atom. The second kappa shape index (κ2) is 6.37. The lowest BCUT2D eigenvalue weighted by atomic mass is 9.74. The van der Waals surface area contributed by atoms with Crippen LogP contribution in [0.3, 0.4) is 0 Å². The average molecular weight is 308 g/mol. The molecular formula is C17H28N2OS. The molecule has 2 aliphatic rings. The summed E-state index contributed by atoms with van der Waals surface area (Å²) in [6.45, 7) is 5.28. The highest BCUT2D eigenvalue weighted by molar-refractivity contribution is 7.12. The molecule has 21 heavy (non-hydrogen) atoms. The van der Waals surface area contributed by atoms with Gasteiger partial charge in [0.15, 0.2) is 0 Å². The van der Waals surface area contributed by atoms with Crippen LogP contribution in [-0.4, -0.2) is 12.2 Å². The lowest BCUT2D eigenvalue weighted by molar-refractivity contribution is -0.122. The Hall–Kier alpha value is -0.420. The van der Waals surface area contributed by atoms with E-state index in [1.54, 1.807) is 0 Å². The smallest absolute Gasteiger partial charge is 0.0686 e. The molecule has 2 fully saturated rings. The maximum atomic E-state index is 6.23. The summed E-state index contributed by atoms with van der Waals surface area (Å²) in [5.74, 6) is 6.53. The van der Waals surface area contributed by atoms with Crippen LogP contribution in [0, 0.1) is 19.8 Å². The number of rotatable bonds is 3. The summed E-state index contributed by atoms with van der Waals surface area (Å²) in [5, 5.41) is 0. The highest BCUT2D eigenvalue weighted by Gasteiger charge is 2.41. The molecule has 3 N–H and O–H groups in total. The number of nitrogens with two attached hydrogens (primary N) is 1. The van der Waals surface area contributed by atoms with Crippen LogP contribution in [0.15, 0.2) is 6.07 Å². The van der Waals surface area contributed by atoms with Gasteiger partial charge in [-0.3, -0.25) is 11.3 Å². The molecule has 0 aromatic carbocycles. The van der Waals surface area contributed by atoms with Crippen molar-refractivity contribution in [3.05, 3.63) is 21.4 Å². The monoisotopic (exact) mass is 308 g/mol. The highest BCUT2D eigenvalue weighted by Crippen LogP contribution is 2.45. The molecule has 0 radical (unpaired) electrons. The molecule has 3 rings (SSSR count). The van der Waals surface area contributed by atoms with Crippen LogP contribution in [0.2, 0.25) is 0 Å². The van der Waals surface area contributed by atoms with Crippen LogP contribution in [0.25, 0.3) is 0 Å². The summed E-state index contributed by atoms with van der Waals surface area (Å²) >= 11 is 1.89. The van der Waals surface area contributed by atoms with E-state index in [9.17, 15) is 0 Å². The second-order valence-electron chi connectivity index (χ2n) is 6.88. The lowest BCUT2D eigenvalue weighted by Gasteiger charge is -2.45. The summed E-state index contributed by atoms with van der Waals surface area (Å²) in [6, 6.07) is 2.60. The fraction of sp³-hybridized carbons (Fsp3) is 0.765. The van der Waals surface area contributed by atoms with Crippen LogP contribution in [0.5, 0.6) is 0 Å². The van der Waals surface area contributed by atoms with Gasteiger partial charge in [0.05, 0.1) is 11.6 Å². The van der Waals surface area contributed by atoms with E-state index in [1.807, 2.05) is 11.3 Å². The Morgan fingerprint density at radius 3 is 2.71 bits per heavy atom. The van der Waals surface area contributed by atoms with E-state index in [0.29, 0.717) is 5.92 Å². The van der Waals surface area contributed by atoms with Gasteiger partial charge in [0.1, 0.15) is 0 Å². The SMILES string of the molecule is Cc1cc(C(NN)C2CCOC3(CCCCC3)C2)sc1C. The van der Waals surface area contributed by atoms with E-state index >= 15 is 0 Å². The third-order valence-electron chi connectivity index (χ3n) is 5.44. The number of ether oxygens (including phenoxy) is 1. The van der Waals surface area contributed by atoms with Gasteiger partial charge in [-0.15, -0.1) is 11.3 Å². The highest BCUT2D eigenvalue weighted by atomic mass is 32.1. The molecular weight excluding hydrogens is 280 g/mol. The summed E-state index contributed by atoms with van der Waals surface area (Å²) in [7, 11) is 0. The van der Waals surface area contributed by atoms with Crippen LogP contribution in [0.1, 0.15) is 66.3 Å². The van der Waals surface area contributed by atoms with E-state index in [1.165, 1.54) is 47.4 Å². The molecule has 1 aliphatic heterocycles. The number of aryl methyl sites for hydroxylation is 2. The Kier molecular flexibility index (Phi) is 4.69. The molecule has 3 nitrogen and oxygen atoms in total. The van der Waals surface area contributed by atoms with Gasteiger partial charge in [0.2, 0.25) is 0 Å². The van der Waals surface area contributed by atoms with Crippen molar-refractivity contribution in [2.75, 3.05) is 6.61 Å². The Morgan fingerprint density at radius 2 is 2.10 bits per heavy atom. The molecule has 1 aromatic rings. The second-order valence-corrected chi connectivity index (χ2v) is 8.17. The van der Waals surface area contributed by atoms with Crippen LogP contribution < -0.4 is 11.3 Å². The summed E-state index contributed by atoms with van der Waals surface area (Å²) in [5.41, 5.74) is 4.64. The summed E-state index contributed by atoms with van der Waals surface area (Å²) < 4.78 is 6.23. The molecule has 1 aromatic heterocycles. The molecule has 2 heterocycles. The van der Waals surface area contributed by atoms with E-state index in [4.69, 9.17) is 10.6 Å². The van der Waals surface area contributed by atoms with Crippen molar-refractivity contribution in [2.45, 2.75) is 70.4 Å². The quantitative estimate of drug-likeness (QED) is 0.655. The Balaban J connectivity index is 1.77. The number of hydrogen-bond acceptors (Lipinski definition) is 4. The van der Waals surface area contributed by atoms with Crippen molar-refractivity contribution in [2.24, 2.45) is 11.8 Å². The third kappa shape index (κ3) is 3.19. The molecule has 118 valence electrons. The van der Waals surface area contributed by atoms with Crippen LogP contribution >= 0.6 is 11.3 Å². The number of thiophene rings is 1. The number of hydrogen-bond donors (Lipinski definition) is 2. The molecule has 2 atom stereocenters. The Bertz CT molecular complexity index is 454. The summed E-state index contributed by atoms with van der Waals surface area (Å²) in [4.78, 5) is 2.80. The van der Waals surface area contributed by atoms with Crippen LogP contribution in [0.4, 0.5) is 0 Å². The predicted molar refractivity (Wildman–Crippen MR) is 88.3 cm³/mol. The molecule has 1 saturated heterocycles. The van der Waals surface area contributed by atoms with Crippen molar-refractivity contribution in [3.63, 3.8) is 0 Å². The minimum absolute atomic E-state index is 0.150. The van der Waals surface area contributed by atoms with Gasteiger partial charge < -0.3 is 4.74 Å². The Labute approximate surface area is 132 Å². The topological polar surface area (TPSA) is 47.3 Å². The largest absolute Gasteiger partial charge is 0.375 e. The van der Waals surface area contributed by atoms with Crippen molar-refractivity contribution in [1.82, 2.24) is 5.43 Å². The lowest BCUT2D eigenvalue weighted by Crippen LogP contribution is -2.45. The van der Waals surface area contributed by atoms with Gasteiger partial charge in [0, 0.05) is 16.4 Å². The van der Waals surface area contributed by atoms with Gasteiger partial charge in [-0.1, -0.05) is 19.3 Å². The van der Waals surface area contributed by atoms with Gasteiger partial charge >= 0.3 is 0 Å². The number of nitrogens with one attached hydrogen (secondary N) is 1. The minimum Gasteiger partial charge on any atom is -0.375 e. The molecule has 4 heteroatoms. The van der Waals surface area contributed by atoms with Crippen molar-refractivity contribution >= 4 is 11.3 Å². The molecule has 0 amide bonds. The zero-order valence-corrected chi connectivity index (χ0v) is 14.1. The predicted octanol–water partition coefficient (Wildman–Crippen LogP) is 4.00. The first kappa shape index (κ1) is 15.5. The normalized spacial score (nSPS) is 26.9. The first-order valence-corrected chi connectivity index (χ1v) is 9.12. The molecule has 0 bridgehead atoms. The summed E-state index contributed by atoms with van der Waals surface area (Å²) in [6.07, 6.45) is 8.78. The van der Waals surface area contributed by atoms with Crippen molar-refractivity contribution < 1.29 is 4.74 Å². The zero-order chi connectivity index (χ0) is 14.9. The number of hydrazine groups is 1. The zero-order valence-electron chi connectivity index (χ0n) is 13.3. The van der Waals surface area contributed by atoms with Crippen molar-refractivity contribution in [3.8, 4) is 0 Å². The molecule has 1 saturated carbocycles. The van der Waals surface area contributed by atoms with E-state index in [-0.39, 0.29) is 11.6 Å². The van der Waals surface area contributed by atoms with Gasteiger partial charge in [0.25, 0.3) is 0 Å². The maximum absolute atomic E-state index is 6.23. The maximum Gasteiger partial charge on any atom is 0.0686 e. The molecule has 2 unspecified atom stereocenters. The fourth-order valence-corrected chi connectivity index (χ4v) is 5.30. The van der Waals surface area contributed by atoms with Crippen molar-refractivity contribution in [1.29, 1.82) is 0 Å². The minimum atomic E-state index is 0.150.